The Kier molecular flexibility index (Phi) is 5.61. The zero-order valence-electron chi connectivity index (χ0n) is 15.8. The van der Waals surface area contributed by atoms with Gasteiger partial charge in [-0.1, -0.05) is 23.9 Å². The molecule has 4 rings (SSSR count). The first-order valence-corrected chi connectivity index (χ1v) is 10.1. The van der Waals surface area contributed by atoms with Gasteiger partial charge in [0.1, 0.15) is 24.3 Å². The number of nitrogens with one attached hydrogen (secondary N) is 1. The van der Waals surface area contributed by atoms with Gasteiger partial charge >= 0.3 is 6.18 Å². The monoisotopic (exact) mass is 445 g/mol. The van der Waals surface area contributed by atoms with Crippen LogP contribution >= 0.6 is 11.8 Å². The van der Waals surface area contributed by atoms with Crippen molar-refractivity contribution in [2.75, 3.05) is 24.3 Å². The molecule has 3 aromatic rings. The predicted octanol–water partition coefficient (Wildman–Crippen LogP) is 4.63. The van der Waals surface area contributed by atoms with Crippen LogP contribution < -0.4 is 14.8 Å². The lowest BCUT2D eigenvalue weighted by molar-refractivity contribution is -0.137. The number of amides is 1. The number of benzene rings is 2. The lowest BCUT2D eigenvalue weighted by atomic mass is 10.1. The topological polar surface area (TPSA) is 84.2 Å². The molecule has 0 atom stereocenters. The quantitative estimate of drug-likeness (QED) is 0.590. The van der Waals surface area contributed by atoms with Gasteiger partial charge in [0.05, 0.1) is 28.1 Å². The van der Waals surface area contributed by atoms with Crippen LogP contribution in [0, 0.1) is 11.3 Å². The Balaban J connectivity index is 1.54. The van der Waals surface area contributed by atoms with Crippen LogP contribution in [-0.4, -0.2) is 29.9 Å². The van der Waals surface area contributed by atoms with Crippen molar-refractivity contribution in [3.63, 3.8) is 0 Å². The third-order valence-electron chi connectivity index (χ3n) is 4.41. The van der Waals surface area contributed by atoms with E-state index in [4.69, 9.17) is 9.47 Å². The van der Waals surface area contributed by atoms with E-state index in [2.05, 4.69) is 10.3 Å². The Morgan fingerprint density at radius 1 is 1.16 bits per heavy atom. The van der Waals surface area contributed by atoms with E-state index >= 15 is 0 Å². The summed E-state index contributed by atoms with van der Waals surface area (Å²) in [6.45, 7) is 0.841. The minimum absolute atomic E-state index is 0.218. The second kappa shape index (κ2) is 8.35. The molecule has 6 nitrogen and oxygen atoms in total. The Morgan fingerprint density at radius 3 is 2.58 bits per heavy atom. The van der Waals surface area contributed by atoms with Crippen LogP contribution in [0.25, 0.3) is 10.9 Å². The van der Waals surface area contributed by atoms with E-state index in [0.717, 1.165) is 17.8 Å². The molecule has 158 valence electrons. The fourth-order valence-corrected chi connectivity index (χ4v) is 3.81. The average molecular weight is 445 g/mol. The highest BCUT2D eigenvalue weighted by Crippen LogP contribution is 2.36. The van der Waals surface area contributed by atoms with Crippen LogP contribution in [0.1, 0.15) is 11.1 Å². The van der Waals surface area contributed by atoms with Crippen molar-refractivity contribution >= 4 is 34.3 Å². The third kappa shape index (κ3) is 4.51. The van der Waals surface area contributed by atoms with Crippen LogP contribution in [0.4, 0.5) is 18.9 Å². The van der Waals surface area contributed by atoms with E-state index in [1.165, 1.54) is 18.2 Å². The second-order valence-corrected chi connectivity index (χ2v) is 7.49. The largest absolute Gasteiger partial charge is 0.486 e. The first kappa shape index (κ1) is 20.8. The van der Waals surface area contributed by atoms with Crippen molar-refractivity contribution < 1.29 is 27.4 Å². The maximum absolute atomic E-state index is 13.1. The zero-order valence-corrected chi connectivity index (χ0v) is 16.6. The van der Waals surface area contributed by atoms with E-state index in [0.29, 0.717) is 40.6 Å². The van der Waals surface area contributed by atoms with Crippen LogP contribution in [0.5, 0.6) is 11.5 Å². The molecule has 31 heavy (non-hydrogen) atoms. The first-order valence-electron chi connectivity index (χ1n) is 9.08. The van der Waals surface area contributed by atoms with E-state index < -0.39 is 17.6 Å². The van der Waals surface area contributed by atoms with Crippen LogP contribution in [0.15, 0.2) is 47.5 Å². The average Bonchev–Trinajstić information content (AvgIpc) is 2.75. The van der Waals surface area contributed by atoms with E-state index in [1.807, 2.05) is 6.07 Å². The number of rotatable bonds is 4. The van der Waals surface area contributed by atoms with Gasteiger partial charge in [0.25, 0.3) is 0 Å². The Hall–Kier alpha value is -3.45. The molecule has 0 fully saturated rings. The number of nitriles is 1. The van der Waals surface area contributed by atoms with Crippen LogP contribution in [-0.2, 0) is 11.0 Å². The van der Waals surface area contributed by atoms with Crippen molar-refractivity contribution in [1.82, 2.24) is 4.98 Å². The zero-order chi connectivity index (χ0) is 22.0. The molecule has 0 bridgehead atoms. The minimum Gasteiger partial charge on any atom is -0.486 e. The van der Waals surface area contributed by atoms with Gasteiger partial charge in [-0.05, 0) is 24.3 Å². The summed E-state index contributed by atoms with van der Waals surface area (Å²) < 4.78 is 50.4. The molecule has 0 spiro atoms. The standard InChI is InChI=1S/C21H14F3N3O3S/c22-21(23,24)14-3-1-2-4-15(14)26-19(28)11-31-20-13(10-25)7-12-8-17-18(9-16(12)27-20)30-6-5-29-17/h1-4,7-9H,5-6,11H2,(H,26,28). The number of ether oxygens (including phenoxy) is 2. The number of carbonyl (C=O) groups is 1. The van der Waals surface area contributed by atoms with Gasteiger partial charge in [-0.2, -0.15) is 18.4 Å². The van der Waals surface area contributed by atoms with Crippen molar-refractivity contribution in [2.45, 2.75) is 11.2 Å². The maximum Gasteiger partial charge on any atom is 0.418 e. The molecule has 1 aromatic heterocycles. The summed E-state index contributed by atoms with van der Waals surface area (Å²) in [5.41, 5.74) is -0.454. The fraction of sp³-hybridized carbons (Fsp3) is 0.190. The highest BCUT2D eigenvalue weighted by molar-refractivity contribution is 8.00. The van der Waals surface area contributed by atoms with Crippen molar-refractivity contribution in [2.24, 2.45) is 0 Å². The molecule has 1 N–H and O–H groups in total. The molecule has 0 saturated carbocycles. The molecule has 10 heteroatoms. The highest BCUT2D eigenvalue weighted by Gasteiger charge is 2.33. The molecule has 0 saturated heterocycles. The summed E-state index contributed by atoms with van der Waals surface area (Å²) in [7, 11) is 0. The van der Waals surface area contributed by atoms with Gasteiger partial charge in [0.2, 0.25) is 5.91 Å². The summed E-state index contributed by atoms with van der Waals surface area (Å²) in [5.74, 6) is 0.236. The second-order valence-electron chi connectivity index (χ2n) is 6.52. The molecule has 2 heterocycles. The number of pyridine rings is 1. The maximum atomic E-state index is 13.1. The molecular formula is C21H14F3N3O3S. The number of thioether (sulfide) groups is 1. The lowest BCUT2D eigenvalue weighted by Gasteiger charge is -2.19. The van der Waals surface area contributed by atoms with E-state index in [9.17, 15) is 23.2 Å². The Morgan fingerprint density at radius 2 is 1.87 bits per heavy atom. The summed E-state index contributed by atoms with van der Waals surface area (Å²) in [5, 5.41) is 12.7. The van der Waals surface area contributed by atoms with Crippen LogP contribution in [0.3, 0.4) is 0 Å². The Bertz CT molecular complexity index is 1210. The fourth-order valence-electron chi connectivity index (χ4n) is 3.04. The summed E-state index contributed by atoms with van der Waals surface area (Å²) >= 11 is 0.966. The number of hydrogen-bond acceptors (Lipinski definition) is 6. The number of fused-ring (bicyclic) bond motifs is 2. The molecule has 1 aliphatic rings. The number of anilines is 1. The normalized spacial score (nSPS) is 13.0. The number of para-hydroxylation sites is 1. The molecule has 2 aromatic carbocycles. The summed E-state index contributed by atoms with van der Waals surface area (Å²) in [4.78, 5) is 16.7. The third-order valence-corrected chi connectivity index (χ3v) is 5.40. The molecule has 1 amide bonds. The van der Waals surface area contributed by atoms with Gasteiger partial charge in [0.15, 0.2) is 11.5 Å². The number of halogens is 3. The number of carbonyl (C=O) groups excluding carboxylic acids is 1. The summed E-state index contributed by atoms with van der Waals surface area (Å²) in [6.07, 6.45) is -4.59. The number of hydrogen-bond donors (Lipinski definition) is 1. The van der Waals surface area contributed by atoms with Crippen molar-refractivity contribution in [3.05, 3.63) is 53.6 Å². The first-order chi connectivity index (χ1) is 14.8. The smallest absolute Gasteiger partial charge is 0.418 e. The molecule has 0 radical (unpaired) electrons. The predicted molar refractivity (Wildman–Crippen MR) is 108 cm³/mol. The Labute approximate surface area is 179 Å². The van der Waals surface area contributed by atoms with Crippen molar-refractivity contribution in [1.29, 1.82) is 5.26 Å². The van der Waals surface area contributed by atoms with Gasteiger partial charge < -0.3 is 14.8 Å². The number of aromatic nitrogens is 1. The minimum atomic E-state index is -4.59. The van der Waals surface area contributed by atoms with Gasteiger partial charge in [-0.3, -0.25) is 4.79 Å². The SMILES string of the molecule is N#Cc1cc2cc3c(cc2nc1SCC(=O)Nc1ccccc1C(F)(F)F)OCCO3. The van der Waals surface area contributed by atoms with E-state index in [-0.39, 0.29) is 17.0 Å². The van der Waals surface area contributed by atoms with Crippen LogP contribution in [0.2, 0.25) is 0 Å². The lowest BCUT2D eigenvalue weighted by Crippen LogP contribution is -2.18. The van der Waals surface area contributed by atoms with Gasteiger partial charge in [-0.25, -0.2) is 4.98 Å². The number of alkyl halides is 3. The van der Waals surface area contributed by atoms with E-state index in [1.54, 1.807) is 18.2 Å². The summed E-state index contributed by atoms with van der Waals surface area (Å²) in [6, 6.07) is 11.8. The van der Waals surface area contributed by atoms with Crippen molar-refractivity contribution in [3.8, 4) is 17.6 Å². The molecule has 0 unspecified atom stereocenters. The van der Waals surface area contributed by atoms with Gasteiger partial charge in [0, 0.05) is 11.5 Å². The van der Waals surface area contributed by atoms with Gasteiger partial charge in [-0.15, -0.1) is 0 Å². The highest BCUT2D eigenvalue weighted by atomic mass is 32.2. The molecular weight excluding hydrogens is 431 g/mol. The molecule has 0 aliphatic carbocycles. The number of nitrogens with zero attached hydrogens (tertiary/aromatic N) is 2. The molecule has 1 aliphatic heterocycles.